The minimum atomic E-state index is -0.417. The monoisotopic (exact) mass is 339 g/mol. The first-order valence-electron chi connectivity index (χ1n) is 5.63. The van der Waals surface area contributed by atoms with Crippen molar-refractivity contribution in [3.63, 3.8) is 0 Å². The number of hydrogen-bond donors (Lipinski definition) is 1. The summed E-state index contributed by atoms with van der Waals surface area (Å²) in [7, 11) is 1.36. The topological polar surface area (TPSA) is 64.1 Å². The average molecular weight is 340 g/mol. The van der Waals surface area contributed by atoms with Crippen molar-refractivity contribution in [2.45, 2.75) is 13.1 Å². The highest BCUT2D eigenvalue weighted by Gasteiger charge is 2.24. The lowest BCUT2D eigenvalue weighted by molar-refractivity contribution is 0.0592. The highest BCUT2D eigenvalue weighted by molar-refractivity contribution is 9.11. The number of rotatable bonds is 2. The van der Waals surface area contributed by atoms with Crippen molar-refractivity contribution in [3.8, 4) is 10.7 Å². The van der Waals surface area contributed by atoms with Crippen LogP contribution in [0.4, 0.5) is 0 Å². The van der Waals surface area contributed by atoms with Crippen LogP contribution in [0.5, 0.6) is 0 Å². The zero-order valence-electron chi connectivity index (χ0n) is 10.1. The van der Waals surface area contributed by atoms with Crippen molar-refractivity contribution in [1.82, 2.24) is 15.3 Å². The Bertz CT molecular complexity index is 656. The minimum absolute atomic E-state index is 0.358. The summed E-state index contributed by atoms with van der Waals surface area (Å²) in [4.78, 5) is 21.6. The normalized spacial score (nSPS) is 13.4. The van der Waals surface area contributed by atoms with Crippen LogP contribution >= 0.6 is 27.3 Å². The quantitative estimate of drug-likeness (QED) is 0.851. The van der Waals surface area contributed by atoms with Gasteiger partial charge in [0.15, 0.2) is 11.5 Å². The Morgan fingerprint density at radius 1 is 1.42 bits per heavy atom. The van der Waals surface area contributed by atoms with Crippen molar-refractivity contribution in [2.24, 2.45) is 0 Å². The van der Waals surface area contributed by atoms with E-state index in [-0.39, 0.29) is 0 Å². The van der Waals surface area contributed by atoms with Crippen molar-refractivity contribution >= 4 is 33.2 Å². The Hall–Kier alpha value is -1.31. The van der Waals surface area contributed by atoms with Crippen LogP contribution in [0.25, 0.3) is 10.7 Å². The van der Waals surface area contributed by atoms with E-state index in [1.807, 2.05) is 12.1 Å². The van der Waals surface area contributed by atoms with Crippen LogP contribution in [0.3, 0.4) is 0 Å². The average Bonchev–Trinajstić information content (AvgIpc) is 3.04. The highest BCUT2D eigenvalue weighted by atomic mass is 79.9. The minimum Gasteiger partial charge on any atom is -0.464 e. The maximum Gasteiger partial charge on any atom is 0.357 e. The Morgan fingerprint density at radius 2 is 2.26 bits per heavy atom. The molecule has 98 valence electrons. The van der Waals surface area contributed by atoms with Crippen molar-refractivity contribution in [1.29, 1.82) is 0 Å². The number of aromatic nitrogens is 2. The van der Waals surface area contributed by atoms with Gasteiger partial charge in [-0.3, -0.25) is 0 Å². The van der Waals surface area contributed by atoms with Gasteiger partial charge >= 0.3 is 5.97 Å². The van der Waals surface area contributed by atoms with Gasteiger partial charge in [0.1, 0.15) is 0 Å². The lowest BCUT2D eigenvalue weighted by atomic mass is 10.2. The standard InChI is InChI=1S/C12H10BrN3O2S/c1-18-12(17)10-6-4-14-5-7(6)15-11(16-10)8-2-3-9(13)19-8/h2-3,14H,4-5H2,1H3. The summed E-state index contributed by atoms with van der Waals surface area (Å²) in [6, 6.07) is 3.87. The fourth-order valence-electron chi connectivity index (χ4n) is 1.98. The van der Waals surface area contributed by atoms with Crippen LogP contribution in [0.2, 0.25) is 0 Å². The van der Waals surface area contributed by atoms with Gasteiger partial charge in [0.05, 0.1) is 21.5 Å². The lowest BCUT2D eigenvalue weighted by Crippen LogP contribution is -2.11. The van der Waals surface area contributed by atoms with Gasteiger partial charge in [-0.25, -0.2) is 14.8 Å². The van der Waals surface area contributed by atoms with Crippen LogP contribution in [0.1, 0.15) is 21.7 Å². The first kappa shape index (κ1) is 12.7. The van der Waals surface area contributed by atoms with E-state index in [0.717, 1.165) is 19.9 Å². The number of carbonyl (C=O) groups excluding carboxylic acids is 1. The van der Waals surface area contributed by atoms with Crippen LogP contribution in [-0.4, -0.2) is 23.0 Å². The number of fused-ring (bicyclic) bond motifs is 1. The van der Waals surface area contributed by atoms with Crippen LogP contribution in [0.15, 0.2) is 15.9 Å². The van der Waals surface area contributed by atoms with E-state index in [4.69, 9.17) is 4.74 Å². The van der Waals surface area contributed by atoms with Crippen LogP contribution < -0.4 is 5.32 Å². The molecule has 0 unspecified atom stereocenters. The molecule has 7 heteroatoms. The van der Waals surface area contributed by atoms with Crippen LogP contribution in [0, 0.1) is 0 Å². The molecule has 0 atom stereocenters. The van der Waals surface area contributed by atoms with E-state index in [2.05, 4.69) is 31.2 Å². The molecule has 3 heterocycles. The van der Waals surface area contributed by atoms with E-state index >= 15 is 0 Å². The first-order valence-corrected chi connectivity index (χ1v) is 7.24. The van der Waals surface area contributed by atoms with E-state index in [1.54, 1.807) is 0 Å². The third-order valence-corrected chi connectivity index (χ3v) is 4.48. The molecule has 19 heavy (non-hydrogen) atoms. The number of thiophene rings is 1. The molecule has 0 saturated carbocycles. The summed E-state index contributed by atoms with van der Waals surface area (Å²) < 4.78 is 5.80. The number of halogens is 1. The van der Waals surface area contributed by atoms with Gasteiger partial charge in [-0.05, 0) is 28.1 Å². The van der Waals surface area contributed by atoms with Crippen molar-refractivity contribution in [3.05, 3.63) is 32.9 Å². The number of methoxy groups -OCH3 is 1. The number of nitrogens with zero attached hydrogens (tertiary/aromatic N) is 2. The van der Waals surface area contributed by atoms with E-state index in [9.17, 15) is 4.79 Å². The molecule has 3 rings (SSSR count). The molecule has 0 radical (unpaired) electrons. The van der Waals surface area contributed by atoms with Crippen molar-refractivity contribution in [2.75, 3.05) is 7.11 Å². The summed E-state index contributed by atoms with van der Waals surface area (Å²) in [5.41, 5.74) is 2.07. The summed E-state index contributed by atoms with van der Waals surface area (Å²) in [6.07, 6.45) is 0. The molecule has 0 spiro atoms. The summed E-state index contributed by atoms with van der Waals surface area (Å²) in [5, 5.41) is 3.17. The number of carbonyl (C=O) groups is 1. The van der Waals surface area contributed by atoms with Crippen molar-refractivity contribution < 1.29 is 9.53 Å². The van der Waals surface area contributed by atoms with Gasteiger partial charge in [0, 0.05) is 18.7 Å². The fourth-order valence-corrected chi connectivity index (χ4v) is 3.30. The maximum atomic E-state index is 11.8. The smallest absolute Gasteiger partial charge is 0.357 e. The molecule has 1 aliphatic heterocycles. The molecule has 0 bridgehead atoms. The number of hydrogen-bond acceptors (Lipinski definition) is 6. The predicted octanol–water partition coefficient (Wildman–Crippen LogP) is 2.36. The molecule has 0 saturated heterocycles. The zero-order chi connectivity index (χ0) is 13.4. The Kier molecular flexibility index (Phi) is 3.34. The Labute approximate surface area is 122 Å². The molecule has 0 fully saturated rings. The summed E-state index contributed by atoms with van der Waals surface area (Å²) in [6.45, 7) is 1.26. The van der Waals surface area contributed by atoms with Gasteiger partial charge in [0.2, 0.25) is 0 Å². The second-order valence-electron chi connectivity index (χ2n) is 4.02. The van der Waals surface area contributed by atoms with Crippen LogP contribution in [-0.2, 0) is 17.8 Å². The van der Waals surface area contributed by atoms with Gasteiger partial charge in [0.25, 0.3) is 0 Å². The third-order valence-electron chi connectivity index (χ3n) is 2.86. The summed E-state index contributed by atoms with van der Waals surface area (Å²) in [5.74, 6) is 0.151. The second-order valence-corrected chi connectivity index (χ2v) is 6.48. The number of nitrogens with one attached hydrogen (secondary N) is 1. The van der Waals surface area contributed by atoms with Gasteiger partial charge in [-0.15, -0.1) is 11.3 Å². The maximum absolute atomic E-state index is 11.8. The number of ether oxygens (including phenoxy) is 1. The van der Waals surface area contributed by atoms with Gasteiger partial charge in [-0.1, -0.05) is 0 Å². The number of esters is 1. The molecule has 0 amide bonds. The molecule has 2 aromatic heterocycles. The predicted molar refractivity (Wildman–Crippen MR) is 74.9 cm³/mol. The molecular formula is C12H10BrN3O2S. The molecular weight excluding hydrogens is 330 g/mol. The van der Waals surface area contributed by atoms with E-state index in [0.29, 0.717) is 24.6 Å². The molecule has 5 nitrogen and oxygen atoms in total. The second kappa shape index (κ2) is 4.99. The molecule has 2 aromatic rings. The third kappa shape index (κ3) is 2.29. The largest absolute Gasteiger partial charge is 0.464 e. The van der Waals surface area contributed by atoms with Gasteiger partial charge in [-0.2, -0.15) is 0 Å². The highest BCUT2D eigenvalue weighted by Crippen LogP contribution is 2.30. The first-order chi connectivity index (χ1) is 9.19. The fraction of sp³-hybridized carbons (Fsp3) is 0.250. The molecule has 0 aromatic carbocycles. The molecule has 0 aliphatic carbocycles. The lowest BCUT2D eigenvalue weighted by Gasteiger charge is -2.06. The zero-order valence-corrected chi connectivity index (χ0v) is 12.5. The van der Waals surface area contributed by atoms with E-state index < -0.39 is 5.97 Å². The Balaban J connectivity index is 2.15. The summed E-state index contributed by atoms with van der Waals surface area (Å²) >= 11 is 4.95. The SMILES string of the molecule is COC(=O)c1nc(-c2ccc(Br)s2)nc2c1CNC2. The molecule has 1 aliphatic rings. The molecule has 1 N–H and O–H groups in total. The van der Waals surface area contributed by atoms with Gasteiger partial charge < -0.3 is 10.1 Å². The Morgan fingerprint density at radius 3 is 2.95 bits per heavy atom. The van der Waals surface area contributed by atoms with E-state index in [1.165, 1.54) is 18.4 Å².